The van der Waals surface area contributed by atoms with Crippen molar-refractivity contribution in [2.75, 3.05) is 16.3 Å². The summed E-state index contributed by atoms with van der Waals surface area (Å²) in [5.41, 5.74) is 2.22. The number of hydrogen-bond donors (Lipinski definition) is 1. The third kappa shape index (κ3) is 3.26. The highest BCUT2D eigenvalue weighted by Gasteiger charge is 2.19. The first-order valence-electron chi connectivity index (χ1n) is 6.91. The molecule has 0 fully saturated rings. The van der Waals surface area contributed by atoms with Gasteiger partial charge in [-0.15, -0.1) is 0 Å². The number of anilines is 2. The van der Waals surface area contributed by atoms with Crippen molar-refractivity contribution >= 4 is 43.4 Å². The van der Waals surface area contributed by atoms with Gasteiger partial charge in [0.2, 0.25) is 0 Å². The normalized spacial score (nSPS) is 13.8. The highest BCUT2D eigenvalue weighted by Crippen LogP contribution is 2.37. The van der Waals surface area contributed by atoms with Crippen molar-refractivity contribution < 1.29 is 8.42 Å². The third-order valence-electron chi connectivity index (χ3n) is 3.50. The van der Waals surface area contributed by atoms with E-state index < -0.39 is 10.0 Å². The van der Waals surface area contributed by atoms with Crippen LogP contribution < -0.4 is 9.79 Å². The first-order valence-corrected chi connectivity index (χ1v) is 9.19. The van der Waals surface area contributed by atoms with E-state index in [4.69, 9.17) is 0 Å². The Morgan fingerprint density at radius 2 is 1.91 bits per heavy atom. The van der Waals surface area contributed by atoms with Gasteiger partial charge in [0.1, 0.15) is 0 Å². The number of hydrogen-bond acceptors (Lipinski definition) is 4. The van der Waals surface area contributed by atoms with Gasteiger partial charge in [0.15, 0.2) is 0 Å². The summed E-state index contributed by atoms with van der Waals surface area (Å²) < 4.78 is 28.3. The van der Waals surface area contributed by atoms with E-state index in [0.717, 1.165) is 10.6 Å². The maximum absolute atomic E-state index is 12.6. The molecule has 0 atom stereocenters. The molecule has 1 aliphatic rings. The highest BCUT2D eigenvalue weighted by atomic mass is 79.9. The largest absolute Gasteiger partial charge is 0.758 e. The lowest BCUT2D eigenvalue weighted by molar-refractivity contribution is 0.601. The average Bonchev–Trinajstić information content (AvgIpc) is 2.46. The lowest BCUT2D eigenvalue weighted by atomic mass is 10.1. The molecule has 1 N–H and O–H groups in total. The molecule has 0 saturated carbocycles. The van der Waals surface area contributed by atoms with Crippen molar-refractivity contribution in [2.45, 2.75) is 11.8 Å². The number of hydroxylamine groups is 1. The van der Waals surface area contributed by atoms with Crippen LogP contribution in [0.2, 0.25) is 0 Å². The van der Waals surface area contributed by atoms with Crippen molar-refractivity contribution in [3.05, 3.63) is 63.3 Å². The minimum atomic E-state index is -3.76. The van der Waals surface area contributed by atoms with Gasteiger partial charge in [-0.05, 0) is 31.2 Å². The monoisotopic (exact) mass is 393 g/mol. The van der Waals surface area contributed by atoms with Gasteiger partial charge < -0.3 is 10.3 Å². The molecule has 0 spiro atoms. The Bertz CT molecular complexity index is 877. The van der Waals surface area contributed by atoms with E-state index in [1.807, 2.05) is 6.92 Å². The van der Waals surface area contributed by atoms with Crippen LogP contribution in [0.25, 0.3) is 6.08 Å². The maximum Gasteiger partial charge on any atom is 0.261 e. The molecule has 2 aromatic carbocycles. The van der Waals surface area contributed by atoms with Crippen LogP contribution >= 0.6 is 15.9 Å². The molecular formula is C16H14BrN2O3S-. The fourth-order valence-electron chi connectivity index (χ4n) is 2.39. The van der Waals surface area contributed by atoms with Gasteiger partial charge >= 0.3 is 0 Å². The summed E-state index contributed by atoms with van der Waals surface area (Å²) in [5, 5.41) is 12.9. The average molecular weight is 394 g/mol. The fourth-order valence-corrected chi connectivity index (χ4v) is 3.92. The van der Waals surface area contributed by atoms with Gasteiger partial charge in [0.05, 0.1) is 16.3 Å². The van der Waals surface area contributed by atoms with Gasteiger partial charge in [-0.3, -0.25) is 4.72 Å². The summed E-state index contributed by atoms with van der Waals surface area (Å²) in [4.78, 5) is 0.153. The summed E-state index contributed by atoms with van der Waals surface area (Å²) in [6, 6.07) is 9.91. The third-order valence-corrected chi connectivity index (χ3v) is 5.34. The number of fused-ring (bicyclic) bond motifs is 1. The van der Waals surface area contributed by atoms with Crippen LogP contribution in [0.15, 0.2) is 51.8 Å². The summed E-state index contributed by atoms with van der Waals surface area (Å²) >= 11 is 3.35. The number of rotatable bonds is 3. The summed E-state index contributed by atoms with van der Waals surface area (Å²) in [7, 11) is -3.76. The van der Waals surface area contributed by atoms with Crippen LogP contribution in [0.4, 0.5) is 11.4 Å². The first-order chi connectivity index (χ1) is 10.9. The van der Waals surface area contributed by atoms with E-state index in [1.165, 1.54) is 12.1 Å². The SMILES string of the molecule is Cc1ccc(S(=O)(=O)Nc2cc(Br)cc3c2N([O-])CC=C3)cc1. The lowest BCUT2D eigenvalue weighted by Gasteiger charge is -2.35. The van der Waals surface area contributed by atoms with Crippen LogP contribution in [0.3, 0.4) is 0 Å². The van der Waals surface area contributed by atoms with Crippen molar-refractivity contribution in [2.24, 2.45) is 0 Å². The Balaban J connectivity index is 2.05. The fraction of sp³-hybridized carbons (Fsp3) is 0.125. The number of aryl methyl sites for hydroxylation is 1. The molecule has 2 aromatic rings. The Hall–Kier alpha value is -1.83. The molecule has 0 aromatic heterocycles. The first kappa shape index (κ1) is 16.0. The lowest BCUT2D eigenvalue weighted by Crippen LogP contribution is -2.22. The van der Waals surface area contributed by atoms with Gasteiger partial charge in [0, 0.05) is 16.6 Å². The summed E-state index contributed by atoms with van der Waals surface area (Å²) in [5.74, 6) is 0. The van der Waals surface area contributed by atoms with Gasteiger partial charge in [-0.2, -0.15) is 0 Å². The zero-order chi connectivity index (χ0) is 16.6. The number of sulfonamides is 1. The van der Waals surface area contributed by atoms with Crippen molar-refractivity contribution in [1.82, 2.24) is 0 Å². The molecule has 3 rings (SSSR count). The van der Waals surface area contributed by atoms with Gasteiger partial charge in [-0.1, -0.05) is 45.8 Å². The zero-order valence-corrected chi connectivity index (χ0v) is 14.7. The second-order valence-electron chi connectivity index (χ2n) is 5.27. The molecule has 23 heavy (non-hydrogen) atoms. The summed E-state index contributed by atoms with van der Waals surface area (Å²) in [6.45, 7) is 2.07. The molecular weight excluding hydrogens is 380 g/mol. The second-order valence-corrected chi connectivity index (χ2v) is 7.87. The van der Waals surface area contributed by atoms with Crippen LogP contribution in [-0.4, -0.2) is 15.0 Å². The minimum Gasteiger partial charge on any atom is -0.758 e. The predicted molar refractivity (Wildman–Crippen MR) is 95.9 cm³/mol. The van der Waals surface area contributed by atoms with Crippen LogP contribution in [0.1, 0.15) is 11.1 Å². The molecule has 0 radical (unpaired) electrons. The smallest absolute Gasteiger partial charge is 0.261 e. The van der Waals surface area contributed by atoms with Crippen molar-refractivity contribution in [3.63, 3.8) is 0 Å². The Morgan fingerprint density at radius 1 is 1.22 bits per heavy atom. The molecule has 1 aliphatic heterocycles. The molecule has 0 bridgehead atoms. The molecule has 0 unspecified atom stereocenters. The van der Waals surface area contributed by atoms with Crippen LogP contribution in [-0.2, 0) is 10.0 Å². The van der Waals surface area contributed by atoms with E-state index in [9.17, 15) is 13.6 Å². The summed E-state index contributed by atoms with van der Waals surface area (Å²) in [6.07, 6.45) is 3.54. The molecule has 7 heteroatoms. The van der Waals surface area contributed by atoms with E-state index in [0.29, 0.717) is 15.7 Å². The molecule has 1 heterocycles. The molecule has 120 valence electrons. The minimum absolute atomic E-state index is 0.153. The maximum atomic E-state index is 12.6. The van der Waals surface area contributed by atoms with Crippen molar-refractivity contribution in [1.29, 1.82) is 0 Å². The molecule has 0 aliphatic carbocycles. The Labute approximate surface area is 143 Å². The number of benzene rings is 2. The van der Waals surface area contributed by atoms with Gasteiger partial charge in [0.25, 0.3) is 10.0 Å². The Kier molecular flexibility index (Phi) is 4.18. The van der Waals surface area contributed by atoms with E-state index in [-0.39, 0.29) is 17.1 Å². The highest BCUT2D eigenvalue weighted by molar-refractivity contribution is 9.10. The number of nitrogens with zero attached hydrogens (tertiary/aromatic N) is 1. The van der Waals surface area contributed by atoms with E-state index in [2.05, 4.69) is 20.7 Å². The topological polar surface area (TPSA) is 72.5 Å². The Morgan fingerprint density at radius 3 is 2.61 bits per heavy atom. The van der Waals surface area contributed by atoms with Crippen LogP contribution in [0.5, 0.6) is 0 Å². The molecule has 0 amide bonds. The number of halogens is 1. The number of nitrogens with one attached hydrogen (secondary N) is 1. The van der Waals surface area contributed by atoms with Gasteiger partial charge in [-0.25, -0.2) is 8.42 Å². The van der Waals surface area contributed by atoms with E-state index in [1.54, 1.807) is 36.4 Å². The zero-order valence-electron chi connectivity index (χ0n) is 12.3. The van der Waals surface area contributed by atoms with Crippen molar-refractivity contribution in [3.8, 4) is 0 Å². The van der Waals surface area contributed by atoms with E-state index >= 15 is 0 Å². The molecule has 5 nitrogen and oxygen atoms in total. The predicted octanol–water partition coefficient (Wildman–Crippen LogP) is 3.89. The second kappa shape index (κ2) is 5.99. The quantitative estimate of drug-likeness (QED) is 0.858. The molecule has 0 saturated heterocycles. The standard InChI is InChI=1S/C16H14BrN2O3S/c1-11-4-6-14(7-5-11)23(21,22)18-15-10-13(17)9-12-3-2-8-19(20)16(12)15/h2-7,9-10,18H,8H2,1H3/q-1. The van der Waals surface area contributed by atoms with Crippen LogP contribution in [0, 0.1) is 12.1 Å².